The summed E-state index contributed by atoms with van der Waals surface area (Å²) in [5.74, 6) is 0.174. The summed E-state index contributed by atoms with van der Waals surface area (Å²) in [7, 11) is -3.27. The lowest BCUT2D eigenvalue weighted by Gasteiger charge is -2.14. The molecular formula is C19H21NO5S. The van der Waals surface area contributed by atoms with Crippen molar-refractivity contribution >= 4 is 21.4 Å². The van der Waals surface area contributed by atoms with E-state index in [0.29, 0.717) is 23.6 Å². The van der Waals surface area contributed by atoms with Crippen LogP contribution >= 0.6 is 0 Å². The van der Waals surface area contributed by atoms with E-state index in [9.17, 15) is 13.2 Å². The second-order valence-corrected chi connectivity index (χ2v) is 8.21. The Hall–Kier alpha value is -2.38. The molecular weight excluding hydrogens is 354 g/mol. The van der Waals surface area contributed by atoms with Gasteiger partial charge in [-0.2, -0.15) is 0 Å². The zero-order valence-corrected chi connectivity index (χ0v) is 15.3. The van der Waals surface area contributed by atoms with E-state index in [4.69, 9.17) is 9.47 Å². The Balaban J connectivity index is 1.69. The standard InChI is InChI=1S/C19H21NO5S/c1-26(22,23)16-10-8-14(9-11-16)20-19(21)17-6-2-3-7-18(17)25-13-15-5-4-12-24-15/h2-3,6-11,15H,4-5,12-13H2,1H3,(H,20,21). The van der Waals surface area contributed by atoms with Gasteiger partial charge in [-0.3, -0.25) is 4.79 Å². The van der Waals surface area contributed by atoms with E-state index in [1.165, 1.54) is 12.1 Å². The van der Waals surface area contributed by atoms with Gasteiger partial charge in [0.25, 0.3) is 5.91 Å². The molecule has 6 nitrogen and oxygen atoms in total. The third kappa shape index (κ3) is 4.62. The number of anilines is 1. The second kappa shape index (κ2) is 7.88. The molecule has 0 bridgehead atoms. The van der Waals surface area contributed by atoms with Crippen molar-refractivity contribution in [2.24, 2.45) is 0 Å². The molecule has 1 amide bonds. The SMILES string of the molecule is CS(=O)(=O)c1ccc(NC(=O)c2ccccc2OCC2CCCO2)cc1. The largest absolute Gasteiger partial charge is 0.490 e. The average molecular weight is 375 g/mol. The Morgan fingerprint density at radius 2 is 1.92 bits per heavy atom. The number of para-hydroxylation sites is 1. The molecule has 3 rings (SSSR count). The van der Waals surface area contributed by atoms with Crippen LogP contribution in [0.5, 0.6) is 5.75 Å². The van der Waals surface area contributed by atoms with Crippen molar-refractivity contribution in [3.8, 4) is 5.75 Å². The molecule has 1 heterocycles. The molecule has 0 aliphatic carbocycles. The van der Waals surface area contributed by atoms with Crippen molar-refractivity contribution in [3.63, 3.8) is 0 Å². The molecule has 0 aromatic heterocycles. The predicted octanol–water partition coefficient (Wildman–Crippen LogP) is 2.90. The van der Waals surface area contributed by atoms with Gasteiger partial charge >= 0.3 is 0 Å². The molecule has 0 spiro atoms. The summed E-state index contributed by atoms with van der Waals surface area (Å²) in [6, 6.07) is 13.1. The number of hydrogen-bond acceptors (Lipinski definition) is 5. The van der Waals surface area contributed by atoms with E-state index >= 15 is 0 Å². The van der Waals surface area contributed by atoms with E-state index in [2.05, 4.69) is 5.32 Å². The number of sulfone groups is 1. The highest BCUT2D eigenvalue weighted by atomic mass is 32.2. The van der Waals surface area contributed by atoms with Crippen LogP contribution in [0.4, 0.5) is 5.69 Å². The lowest BCUT2D eigenvalue weighted by Crippen LogP contribution is -2.19. The molecule has 1 aliphatic heterocycles. The van der Waals surface area contributed by atoms with E-state index in [-0.39, 0.29) is 16.9 Å². The van der Waals surface area contributed by atoms with Crippen molar-refractivity contribution in [1.82, 2.24) is 0 Å². The van der Waals surface area contributed by atoms with Crippen LogP contribution in [0.15, 0.2) is 53.4 Å². The number of carbonyl (C=O) groups is 1. The molecule has 1 N–H and O–H groups in total. The van der Waals surface area contributed by atoms with Gasteiger partial charge in [0.1, 0.15) is 12.4 Å². The maximum atomic E-state index is 12.6. The Morgan fingerprint density at radius 3 is 2.58 bits per heavy atom. The van der Waals surface area contributed by atoms with Crippen LogP contribution in [0.3, 0.4) is 0 Å². The second-order valence-electron chi connectivity index (χ2n) is 6.19. The van der Waals surface area contributed by atoms with Crippen molar-refractivity contribution in [3.05, 3.63) is 54.1 Å². The van der Waals surface area contributed by atoms with Gasteiger partial charge < -0.3 is 14.8 Å². The number of carbonyl (C=O) groups excluding carboxylic acids is 1. The fraction of sp³-hybridized carbons (Fsp3) is 0.316. The highest BCUT2D eigenvalue weighted by Crippen LogP contribution is 2.22. The monoisotopic (exact) mass is 375 g/mol. The van der Waals surface area contributed by atoms with Gasteiger partial charge in [-0.25, -0.2) is 8.42 Å². The Morgan fingerprint density at radius 1 is 1.19 bits per heavy atom. The van der Waals surface area contributed by atoms with Crippen molar-refractivity contribution in [2.45, 2.75) is 23.8 Å². The molecule has 2 aromatic carbocycles. The molecule has 0 saturated carbocycles. The average Bonchev–Trinajstić information content (AvgIpc) is 3.13. The van der Waals surface area contributed by atoms with Crippen molar-refractivity contribution in [2.75, 3.05) is 24.8 Å². The summed E-state index contributed by atoms with van der Waals surface area (Å²) < 4.78 is 34.3. The van der Waals surface area contributed by atoms with E-state index < -0.39 is 9.84 Å². The molecule has 138 valence electrons. The first-order valence-electron chi connectivity index (χ1n) is 8.38. The van der Waals surface area contributed by atoms with E-state index in [0.717, 1.165) is 25.7 Å². The lowest BCUT2D eigenvalue weighted by molar-refractivity contribution is 0.0673. The van der Waals surface area contributed by atoms with Gasteiger partial charge in [0, 0.05) is 18.6 Å². The fourth-order valence-corrected chi connectivity index (χ4v) is 3.35. The highest BCUT2D eigenvalue weighted by Gasteiger charge is 2.18. The summed E-state index contributed by atoms with van der Waals surface area (Å²) in [6.45, 7) is 1.16. The fourth-order valence-electron chi connectivity index (χ4n) is 2.72. The number of amides is 1. The van der Waals surface area contributed by atoms with Gasteiger partial charge in [-0.1, -0.05) is 12.1 Å². The number of nitrogens with one attached hydrogen (secondary N) is 1. The quantitative estimate of drug-likeness (QED) is 0.840. The molecule has 1 aliphatic rings. The number of ether oxygens (including phenoxy) is 2. The summed E-state index contributed by atoms with van der Waals surface area (Å²) in [5, 5.41) is 2.76. The third-order valence-corrected chi connectivity index (χ3v) is 5.25. The molecule has 2 aromatic rings. The Kier molecular flexibility index (Phi) is 5.58. The topological polar surface area (TPSA) is 81.7 Å². The normalized spacial score (nSPS) is 17.0. The van der Waals surface area contributed by atoms with E-state index in [1.807, 2.05) is 6.07 Å². The van der Waals surface area contributed by atoms with Crippen LogP contribution in [0.25, 0.3) is 0 Å². The maximum absolute atomic E-state index is 12.6. The third-order valence-electron chi connectivity index (χ3n) is 4.12. The van der Waals surface area contributed by atoms with Crippen molar-refractivity contribution in [1.29, 1.82) is 0 Å². The predicted molar refractivity (Wildman–Crippen MR) is 98.4 cm³/mol. The summed E-state index contributed by atoms with van der Waals surface area (Å²) in [5.41, 5.74) is 0.925. The van der Waals surface area contributed by atoms with Crippen molar-refractivity contribution < 1.29 is 22.7 Å². The minimum atomic E-state index is -3.27. The smallest absolute Gasteiger partial charge is 0.259 e. The molecule has 0 radical (unpaired) electrons. The highest BCUT2D eigenvalue weighted by molar-refractivity contribution is 7.90. The van der Waals surface area contributed by atoms with Crippen LogP contribution in [0.2, 0.25) is 0 Å². The summed E-state index contributed by atoms with van der Waals surface area (Å²) in [4.78, 5) is 12.8. The first-order chi connectivity index (χ1) is 12.4. The van der Waals surface area contributed by atoms with Gasteiger partial charge in [-0.05, 0) is 49.2 Å². The molecule has 1 unspecified atom stereocenters. The number of rotatable bonds is 6. The Labute approximate surface area is 153 Å². The lowest BCUT2D eigenvalue weighted by atomic mass is 10.1. The summed E-state index contributed by atoms with van der Waals surface area (Å²) >= 11 is 0. The van der Waals surface area contributed by atoms with E-state index in [1.54, 1.807) is 30.3 Å². The van der Waals surface area contributed by atoms with Gasteiger partial charge in [-0.15, -0.1) is 0 Å². The molecule has 26 heavy (non-hydrogen) atoms. The van der Waals surface area contributed by atoms with Crippen LogP contribution in [0.1, 0.15) is 23.2 Å². The number of benzene rings is 2. The van der Waals surface area contributed by atoms with Gasteiger partial charge in [0.15, 0.2) is 9.84 Å². The molecule has 1 atom stereocenters. The minimum Gasteiger partial charge on any atom is -0.490 e. The number of hydrogen-bond donors (Lipinski definition) is 1. The minimum absolute atomic E-state index is 0.0645. The zero-order chi connectivity index (χ0) is 18.6. The molecule has 1 saturated heterocycles. The van der Waals surface area contributed by atoms with Crippen LogP contribution in [-0.2, 0) is 14.6 Å². The molecule has 1 fully saturated rings. The zero-order valence-electron chi connectivity index (χ0n) is 14.5. The first-order valence-corrected chi connectivity index (χ1v) is 10.3. The maximum Gasteiger partial charge on any atom is 0.259 e. The summed E-state index contributed by atoms with van der Waals surface area (Å²) in [6.07, 6.45) is 3.19. The van der Waals surface area contributed by atoms with Gasteiger partial charge in [0.2, 0.25) is 0 Å². The Bertz CT molecular complexity index is 871. The van der Waals surface area contributed by atoms with Crippen LogP contribution in [-0.4, -0.2) is 39.9 Å². The van der Waals surface area contributed by atoms with Crippen LogP contribution < -0.4 is 10.1 Å². The first kappa shape index (κ1) is 18.4. The molecule has 7 heteroatoms. The van der Waals surface area contributed by atoms with Crippen LogP contribution in [0, 0.1) is 0 Å². The van der Waals surface area contributed by atoms with Gasteiger partial charge in [0.05, 0.1) is 16.6 Å².